The Morgan fingerprint density at radius 3 is 2.12 bits per heavy atom. The van der Waals surface area contributed by atoms with Gasteiger partial charge >= 0.3 is 0 Å². The summed E-state index contributed by atoms with van der Waals surface area (Å²) in [7, 11) is -3.64. The van der Waals surface area contributed by atoms with Gasteiger partial charge in [-0.2, -0.15) is 0 Å². The van der Waals surface area contributed by atoms with E-state index in [1.807, 2.05) is 4.57 Å². The molecule has 0 saturated heterocycles. The molecule has 7 heteroatoms. The van der Waals surface area contributed by atoms with Gasteiger partial charge in [-0.25, -0.2) is 13.4 Å². The summed E-state index contributed by atoms with van der Waals surface area (Å²) in [6.45, 7) is 0.479. The van der Waals surface area contributed by atoms with E-state index in [0.29, 0.717) is 17.9 Å². The number of benzene rings is 2. The zero-order chi connectivity index (χ0) is 17.4. The lowest BCUT2D eigenvalue weighted by atomic mass is 10.2. The average Bonchev–Trinajstić information content (AvgIpc) is 3.14. The number of sulfone groups is 1. The maximum atomic E-state index is 12.9. The molecule has 6 nitrogen and oxygen atoms in total. The summed E-state index contributed by atoms with van der Waals surface area (Å²) in [6.07, 6.45) is 5.33. The molecule has 1 aliphatic rings. The number of carbonyl (C=O) groups is 1. The number of aryl methyl sites for hydroxylation is 1. The second-order valence-corrected chi connectivity index (χ2v) is 7.61. The van der Waals surface area contributed by atoms with E-state index < -0.39 is 9.84 Å². The number of anilines is 2. The third-order valence-corrected chi connectivity index (χ3v) is 6.03. The molecule has 0 spiro atoms. The van der Waals surface area contributed by atoms with Crippen LogP contribution in [0, 0.1) is 0 Å². The molecule has 2 aromatic carbocycles. The summed E-state index contributed by atoms with van der Waals surface area (Å²) < 4.78 is 27.5. The van der Waals surface area contributed by atoms with E-state index in [-0.39, 0.29) is 22.1 Å². The van der Waals surface area contributed by atoms with Gasteiger partial charge < -0.3 is 4.57 Å². The normalized spacial score (nSPS) is 14.6. The van der Waals surface area contributed by atoms with Crippen molar-refractivity contribution in [3.63, 3.8) is 0 Å². The summed E-state index contributed by atoms with van der Waals surface area (Å²) in [6, 6.07) is 13.2. The Kier molecular flexibility index (Phi) is 3.65. The van der Waals surface area contributed by atoms with Gasteiger partial charge in [-0.3, -0.25) is 9.69 Å². The molecular formula is C18H15N3O3S. The standard InChI is InChI=1S/C18H15N3O3S/c22-18(9-11-20-12-10-19-13-20)21-14-5-1-3-7-16(14)25(23,24)17-8-4-2-6-15(17)21/h1-8,10,12-13H,9,11H2. The topological polar surface area (TPSA) is 72.3 Å². The maximum absolute atomic E-state index is 12.9. The van der Waals surface area contributed by atoms with Crippen LogP contribution in [0.3, 0.4) is 0 Å². The minimum absolute atomic E-state index is 0.157. The molecule has 3 aromatic rings. The van der Waals surface area contributed by atoms with E-state index in [9.17, 15) is 13.2 Å². The van der Waals surface area contributed by atoms with E-state index >= 15 is 0 Å². The van der Waals surface area contributed by atoms with Crippen molar-refractivity contribution in [2.24, 2.45) is 0 Å². The van der Waals surface area contributed by atoms with Gasteiger partial charge in [0.1, 0.15) is 0 Å². The third kappa shape index (κ3) is 2.53. The second-order valence-electron chi connectivity index (χ2n) is 5.72. The maximum Gasteiger partial charge on any atom is 0.233 e. The molecular weight excluding hydrogens is 338 g/mol. The van der Waals surface area contributed by atoms with E-state index in [1.54, 1.807) is 55.1 Å². The number of para-hydroxylation sites is 2. The van der Waals surface area contributed by atoms with Gasteiger partial charge in [0.25, 0.3) is 0 Å². The van der Waals surface area contributed by atoms with Gasteiger partial charge in [-0.15, -0.1) is 0 Å². The fourth-order valence-electron chi connectivity index (χ4n) is 3.01. The fraction of sp³-hybridized carbons (Fsp3) is 0.111. The SMILES string of the molecule is O=C(CCn1ccnc1)N1c2ccccc2S(=O)(=O)c2ccccc21. The minimum atomic E-state index is -3.64. The van der Waals surface area contributed by atoms with Gasteiger partial charge in [0.05, 0.1) is 27.5 Å². The number of imidazole rings is 1. The van der Waals surface area contributed by atoms with Crippen molar-refractivity contribution in [1.82, 2.24) is 9.55 Å². The summed E-state index contributed by atoms with van der Waals surface area (Å²) in [5.74, 6) is -0.163. The molecule has 0 radical (unpaired) electrons. The van der Waals surface area contributed by atoms with Crippen molar-refractivity contribution in [3.8, 4) is 0 Å². The largest absolute Gasteiger partial charge is 0.337 e. The van der Waals surface area contributed by atoms with Crippen LogP contribution in [0.4, 0.5) is 11.4 Å². The van der Waals surface area contributed by atoms with E-state index in [4.69, 9.17) is 0 Å². The van der Waals surface area contributed by atoms with Gasteiger partial charge in [-0.1, -0.05) is 24.3 Å². The van der Waals surface area contributed by atoms with Crippen LogP contribution in [0.2, 0.25) is 0 Å². The van der Waals surface area contributed by atoms with Crippen molar-refractivity contribution < 1.29 is 13.2 Å². The number of rotatable bonds is 3. The Morgan fingerprint density at radius 1 is 0.960 bits per heavy atom. The Bertz CT molecular complexity index is 989. The lowest BCUT2D eigenvalue weighted by Gasteiger charge is -2.31. The molecule has 0 N–H and O–H groups in total. The fourth-order valence-corrected chi connectivity index (χ4v) is 4.63. The van der Waals surface area contributed by atoms with Gasteiger partial charge in [0.15, 0.2) is 0 Å². The quantitative estimate of drug-likeness (QED) is 0.726. The van der Waals surface area contributed by atoms with Crippen molar-refractivity contribution in [3.05, 3.63) is 67.3 Å². The number of aromatic nitrogens is 2. The molecule has 0 bridgehead atoms. The molecule has 1 aromatic heterocycles. The lowest BCUT2D eigenvalue weighted by molar-refractivity contribution is -0.118. The number of amides is 1. The first kappa shape index (κ1) is 15.6. The molecule has 0 saturated carbocycles. The van der Waals surface area contributed by atoms with Crippen LogP contribution in [-0.2, 0) is 21.2 Å². The highest BCUT2D eigenvalue weighted by Crippen LogP contribution is 2.44. The first-order valence-corrected chi connectivity index (χ1v) is 9.29. The summed E-state index contributed by atoms with van der Waals surface area (Å²) in [4.78, 5) is 18.7. The highest BCUT2D eigenvalue weighted by atomic mass is 32.2. The zero-order valence-electron chi connectivity index (χ0n) is 13.2. The van der Waals surface area contributed by atoms with Gasteiger partial charge in [0, 0.05) is 25.4 Å². The molecule has 1 aliphatic heterocycles. The molecule has 25 heavy (non-hydrogen) atoms. The Hall–Kier alpha value is -2.93. The summed E-state index contributed by atoms with van der Waals surface area (Å²) in [5, 5.41) is 0. The zero-order valence-corrected chi connectivity index (χ0v) is 14.1. The number of fused-ring (bicyclic) bond motifs is 2. The van der Waals surface area contributed by atoms with Crippen LogP contribution in [0.15, 0.2) is 77.0 Å². The smallest absolute Gasteiger partial charge is 0.233 e. The van der Waals surface area contributed by atoms with Crippen LogP contribution in [0.5, 0.6) is 0 Å². The minimum Gasteiger partial charge on any atom is -0.337 e. The summed E-state index contributed by atoms with van der Waals surface area (Å²) in [5.41, 5.74) is 0.800. The van der Waals surface area contributed by atoms with Crippen molar-refractivity contribution >= 4 is 27.1 Å². The predicted octanol–water partition coefficient (Wildman–Crippen LogP) is 2.78. The van der Waals surface area contributed by atoms with Crippen LogP contribution in [0.1, 0.15) is 6.42 Å². The highest BCUT2D eigenvalue weighted by Gasteiger charge is 2.36. The molecule has 126 valence electrons. The second kappa shape index (κ2) is 5.86. The van der Waals surface area contributed by atoms with Gasteiger partial charge in [0.2, 0.25) is 15.7 Å². The first-order valence-electron chi connectivity index (χ1n) is 7.81. The average molecular weight is 353 g/mol. The Morgan fingerprint density at radius 2 is 1.56 bits per heavy atom. The van der Waals surface area contributed by atoms with Crippen LogP contribution in [-0.4, -0.2) is 23.9 Å². The van der Waals surface area contributed by atoms with Crippen LogP contribution >= 0.6 is 0 Å². The van der Waals surface area contributed by atoms with Gasteiger partial charge in [-0.05, 0) is 24.3 Å². The molecule has 0 unspecified atom stereocenters. The molecule has 1 amide bonds. The molecule has 2 heterocycles. The van der Waals surface area contributed by atoms with E-state index in [0.717, 1.165) is 0 Å². The van der Waals surface area contributed by atoms with Crippen LogP contribution < -0.4 is 4.90 Å². The molecule has 4 rings (SSSR count). The Labute approximate surface area is 145 Å². The van der Waals surface area contributed by atoms with Crippen molar-refractivity contribution in [2.75, 3.05) is 4.90 Å². The summed E-state index contributed by atoms with van der Waals surface area (Å²) >= 11 is 0. The first-order chi connectivity index (χ1) is 12.1. The van der Waals surface area contributed by atoms with E-state index in [2.05, 4.69) is 4.98 Å². The number of nitrogens with zero attached hydrogens (tertiary/aromatic N) is 3. The highest BCUT2D eigenvalue weighted by molar-refractivity contribution is 7.92. The predicted molar refractivity (Wildman–Crippen MR) is 92.3 cm³/mol. The number of carbonyl (C=O) groups excluding carboxylic acids is 1. The monoisotopic (exact) mass is 353 g/mol. The number of hydrogen-bond acceptors (Lipinski definition) is 4. The number of hydrogen-bond donors (Lipinski definition) is 0. The van der Waals surface area contributed by atoms with E-state index in [1.165, 1.54) is 17.0 Å². The molecule has 0 atom stereocenters. The van der Waals surface area contributed by atoms with Crippen molar-refractivity contribution in [2.45, 2.75) is 22.8 Å². The molecule has 0 fully saturated rings. The van der Waals surface area contributed by atoms with Crippen LogP contribution in [0.25, 0.3) is 0 Å². The third-order valence-electron chi connectivity index (χ3n) is 4.18. The van der Waals surface area contributed by atoms with Crippen molar-refractivity contribution in [1.29, 1.82) is 0 Å². The molecule has 0 aliphatic carbocycles. The Balaban J connectivity index is 1.79. The lowest BCUT2D eigenvalue weighted by Crippen LogP contribution is -2.32.